The van der Waals surface area contributed by atoms with Crippen molar-refractivity contribution in [2.24, 2.45) is 0 Å². The molecule has 1 aromatic carbocycles. The van der Waals surface area contributed by atoms with Crippen molar-refractivity contribution in [1.29, 1.82) is 0 Å². The van der Waals surface area contributed by atoms with Crippen LogP contribution in [0.3, 0.4) is 0 Å². The van der Waals surface area contributed by atoms with E-state index in [9.17, 15) is 17.1 Å². The van der Waals surface area contributed by atoms with Crippen LogP contribution in [0.15, 0.2) is 23.1 Å². The van der Waals surface area contributed by atoms with Gasteiger partial charge in [0.25, 0.3) is 0 Å². The van der Waals surface area contributed by atoms with Crippen molar-refractivity contribution >= 4 is 12.1 Å². The predicted octanol–water partition coefficient (Wildman–Crippen LogP) is 3.83. The molecule has 0 amide bonds. The summed E-state index contributed by atoms with van der Waals surface area (Å²) in [6.07, 6.45) is -4.54. The number of ether oxygens (including phenoxy) is 1. The zero-order valence-electron chi connectivity index (χ0n) is 7.77. The lowest BCUT2D eigenvalue weighted by Gasteiger charge is -2.11. The number of alkyl halides is 3. The van der Waals surface area contributed by atoms with Gasteiger partial charge >= 0.3 is 6.18 Å². The minimum absolute atomic E-state index is 0.0698. The molecule has 0 radical (unpaired) electrons. The minimum atomic E-state index is -4.54. The Bertz CT molecular complexity index is 337. The average molecular weight is 240 g/mol. The minimum Gasteiger partial charge on any atom is -0.380 e. The van der Waals surface area contributed by atoms with Gasteiger partial charge in [0, 0.05) is 7.11 Å². The van der Waals surface area contributed by atoms with E-state index in [0.717, 1.165) is 12.1 Å². The zero-order valence-corrected chi connectivity index (χ0v) is 8.58. The van der Waals surface area contributed by atoms with Crippen LogP contribution in [-0.4, -0.2) is 7.11 Å². The van der Waals surface area contributed by atoms with Crippen molar-refractivity contribution in [2.75, 3.05) is 7.11 Å². The first-order valence-electron chi connectivity index (χ1n) is 3.96. The third kappa shape index (κ3) is 3.10. The molecule has 0 saturated heterocycles. The van der Waals surface area contributed by atoms with E-state index in [4.69, 9.17) is 4.74 Å². The van der Waals surface area contributed by atoms with Crippen molar-refractivity contribution in [3.8, 4) is 0 Å². The van der Waals surface area contributed by atoms with Crippen molar-refractivity contribution < 1.29 is 21.8 Å². The summed E-state index contributed by atoms with van der Waals surface area (Å²) < 4.78 is 54.2. The van der Waals surface area contributed by atoms with Crippen molar-refractivity contribution in [3.63, 3.8) is 0 Å². The first-order valence-corrected chi connectivity index (χ1v) is 4.68. The normalized spacial score (nSPS) is 11.8. The molecule has 1 nitrogen and oxygen atoms in total. The molecule has 0 N–H and O–H groups in total. The third-order valence-electron chi connectivity index (χ3n) is 1.74. The first kappa shape index (κ1) is 12.3. The predicted molar refractivity (Wildman–Crippen MR) is 49.1 cm³/mol. The van der Waals surface area contributed by atoms with Gasteiger partial charge in [-0.2, -0.15) is 17.1 Å². The second-order valence-electron chi connectivity index (χ2n) is 2.84. The van der Waals surface area contributed by atoms with Crippen LogP contribution >= 0.6 is 12.1 Å². The van der Waals surface area contributed by atoms with Gasteiger partial charge in [-0.15, -0.1) is 0 Å². The molecule has 0 aliphatic carbocycles. The third-order valence-corrected chi connectivity index (χ3v) is 2.27. The Morgan fingerprint density at radius 1 is 1.33 bits per heavy atom. The lowest BCUT2D eigenvalue weighted by Crippen LogP contribution is -2.07. The number of methoxy groups -OCH3 is 1. The number of benzene rings is 1. The van der Waals surface area contributed by atoms with Crippen LogP contribution in [0, 0.1) is 0 Å². The van der Waals surface area contributed by atoms with Crippen LogP contribution in [-0.2, 0) is 17.5 Å². The highest BCUT2D eigenvalue weighted by Gasteiger charge is 2.34. The fraction of sp³-hybridized carbons (Fsp3) is 0.333. The van der Waals surface area contributed by atoms with E-state index >= 15 is 0 Å². The second kappa shape index (κ2) is 4.85. The SMILES string of the molecule is COCc1ccc(SF)c(C(F)(F)F)c1. The lowest BCUT2D eigenvalue weighted by molar-refractivity contribution is -0.139. The number of rotatable bonds is 3. The zero-order chi connectivity index (χ0) is 11.5. The Kier molecular flexibility index (Phi) is 3.98. The molecule has 1 aromatic rings. The van der Waals surface area contributed by atoms with Crippen LogP contribution in [0.1, 0.15) is 11.1 Å². The molecule has 1 rings (SSSR count). The molecule has 6 heteroatoms. The molecule has 0 spiro atoms. The van der Waals surface area contributed by atoms with Gasteiger partial charge in [0.2, 0.25) is 0 Å². The second-order valence-corrected chi connectivity index (χ2v) is 3.43. The maximum absolute atomic E-state index is 12.4. The van der Waals surface area contributed by atoms with Gasteiger partial charge < -0.3 is 4.74 Å². The summed E-state index contributed by atoms with van der Waals surface area (Å²) in [7, 11) is 1.38. The van der Waals surface area contributed by atoms with E-state index in [2.05, 4.69) is 0 Å². The van der Waals surface area contributed by atoms with Crippen LogP contribution in [0.25, 0.3) is 0 Å². The van der Waals surface area contributed by atoms with E-state index < -0.39 is 28.8 Å². The summed E-state index contributed by atoms with van der Waals surface area (Å²) in [6.45, 7) is 0.0698. The molecule has 84 valence electrons. The fourth-order valence-corrected chi connectivity index (χ4v) is 1.50. The highest BCUT2D eigenvalue weighted by Crippen LogP contribution is 2.37. The summed E-state index contributed by atoms with van der Waals surface area (Å²) in [4.78, 5) is -0.428. The van der Waals surface area contributed by atoms with Gasteiger partial charge in [0.15, 0.2) is 0 Å². The average Bonchev–Trinajstić information content (AvgIpc) is 2.17. The lowest BCUT2D eigenvalue weighted by atomic mass is 10.1. The highest BCUT2D eigenvalue weighted by molar-refractivity contribution is 7.94. The molecule has 0 atom stereocenters. The van der Waals surface area contributed by atoms with E-state index in [1.54, 1.807) is 0 Å². The Labute approximate surface area is 88.7 Å². The first-order chi connectivity index (χ1) is 6.99. The summed E-state index contributed by atoms with van der Waals surface area (Å²) in [5, 5.41) is 0. The molecule has 0 aliphatic rings. The summed E-state index contributed by atoms with van der Waals surface area (Å²) in [5.41, 5.74) is -0.604. The van der Waals surface area contributed by atoms with E-state index in [1.807, 2.05) is 0 Å². The van der Waals surface area contributed by atoms with E-state index in [0.29, 0.717) is 5.56 Å². The van der Waals surface area contributed by atoms with Crippen molar-refractivity contribution in [2.45, 2.75) is 17.7 Å². The Balaban J connectivity index is 3.13. The van der Waals surface area contributed by atoms with Gasteiger partial charge in [-0.3, -0.25) is 0 Å². The molecular formula is C9H8F4OS. The number of hydrogen-bond acceptors (Lipinski definition) is 2. The molecule has 0 heterocycles. The number of halogens is 4. The molecule has 0 fully saturated rings. The fourth-order valence-electron chi connectivity index (χ4n) is 1.12. The van der Waals surface area contributed by atoms with Crippen molar-refractivity contribution in [3.05, 3.63) is 29.3 Å². The van der Waals surface area contributed by atoms with E-state index in [1.165, 1.54) is 13.2 Å². The number of hydrogen-bond donors (Lipinski definition) is 0. The van der Waals surface area contributed by atoms with Gasteiger partial charge in [0.1, 0.15) is 0 Å². The van der Waals surface area contributed by atoms with Gasteiger partial charge in [-0.1, -0.05) is 6.07 Å². The molecule has 0 aromatic heterocycles. The molecule has 15 heavy (non-hydrogen) atoms. The van der Waals surface area contributed by atoms with Crippen LogP contribution in [0.4, 0.5) is 17.1 Å². The van der Waals surface area contributed by atoms with E-state index in [-0.39, 0.29) is 6.61 Å². The Hall–Kier alpha value is -0.750. The summed E-state index contributed by atoms with van der Waals surface area (Å²) in [6, 6.07) is 3.40. The van der Waals surface area contributed by atoms with Crippen molar-refractivity contribution in [1.82, 2.24) is 0 Å². The topological polar surface area (TPSA) is 9.23 Å². The monoisotopic (exact) mass is 240 g/mol. The molecule has 0 bridgehead atoms. The van der Waals surface area contributed by atoms with Crippen LogP contribution < -0.4 is 0 Å². The highest BCUT2D eigenvalue weighted by atomic mass is 32.2. The van der Waals surface area contributed by atoms with Gasteiger partial charge in [-0.25, -0.2) is 0 Å². The maximum Gasteiger partial charge on any atom is 0.417 e. The molecular weight excluding hydrogens is 232 g/mol. The van der Waals surface area contributed by atoms with Crippen LogP contribution in [0.5, 0.6) is 0 Å². The maximum atomic E-state index is 12.4. The standard InChI is InChI=1S/C9H8F4OS/c1-14-5-6-2-3-8(15-13)7(4-6)9(10,11)12/h2-4H,5H2,1H3. The summed E-state index contributed by atoms with van der Waals surface area (Å²) >= 11 is -0.412. The van der Waals surface area contributed by atoms with Crippen LogP contribution in [0.2, 0.25) is 0 Å². The Morgan fingerprint density at radius 3 is 2.47 bits per heavy atom. The molecule has 0 unspecified atom stereocenters. The van der Waals surface area contributed by atoms with Gasteiger partial charge in [-0.05, 0) is 17.7 Å². The Morgan fingerprint density at radius 2 is 2.00 bits per heavy atom. The van der Waals surface area contributed by atoms with Gasteiger partial charge in [0.05, 0.1) is 29.2 Å². The molecule has 0 saturated carbocycles. The summed E-state index contributed by atoms with van der Waals surface area (Å²) in [5.74, 6) is 0. The largest absolute Gasteiger partial charge is 0.417 e. The smallest absolute Gasteiger partial charge is 0.380 e. The molecule has 0 aliphatic heterocycles. The quantitative estimate of drug-likeness (QED) is 0.742.